The van der Waals surface area contributed by atoms with Gasteiger partial charge < -0.3 is 24.6 Å². The van der Waals surface area contributed by atoms with Gasteiger partial charge in [-0.1, -0.05) is 43.7 Å². The molecule has 0 radical (unpaired) electrons. The lowest BCUT2D eigenvalue weighted by Crippen LogP contribution is -2.40. The molecular weight excluding hydrogens is 378 g/mol. The molecule has 6 nitrogen and oxygen atoms in total. The first kappa shape index (κ1) is 21.9. The summed E-state index contributed by atoms with van der Waals surface area (Å²) in [7, 11) is 1.58. The number of hydrogen-bond acceptors (Lipinski definition) is 4. The van der Waals surface area contributed by atoms with Gasteiger partial charge >= 0.3 is 0 Å². The van der Waals surface area contributed by atoms with Crippen molar-refractivity contribution in [1.82, 2.24) is 14.8 Å². The van der Waals surface area contributed by atoms with Crippen LogP contribution in [0.1, 0.15) is 29.9 Å². The zero-order chi connectivity index (χ0) is 21.7. The molecule has 6 heteroatoms. The number of carbonyl (C=O) groups excluding carboxylic acids is 1. The molecule has 1 unspecified atom stereocenters. The molecule has 0 bridgehead atoms. The Hall–Kier alpha value is -2.83. The minimum atomic E-state index is -0.642. The molecule has 0 fully saturated rings. The molecule has 160 valence electrons. The fraction of sp³-hybridized carbons (Fsp3) is 0.375. The molecule has 0 aliphatic carbocycles. The summed E-state index contributed by atoms with van der Waals surface area (Å²) >= 11 is 0. The lowest BCUT2D eigenvalue weighted by molar-refractivity contribution is 0.0861. The number of likely N-dealkylation sites (N-methyl/N-ethyl adjacent to an activating group) is 1. The second kappa shape index (κ2) is 9.78. The first-order valence-corrected chi connectivity index (χ1v) is 10.4. The number of aliphatic hydroxyl groups is 1. The quantitative estimate of drug-likeness (QED) is 0.569. The number of amides is 1. The van der Waals surface area contributed by atoms with Gasteiger partial charge in [-0.15, -0.1) is 0 Å². The third-order valence-electron chi connectivity index (χ3n) is 5.37. The summed E-state index contributed by atoms with van der Waals surface area (Å²) in [5.74, 6) is 0.261. The highest BCUT2D eigenvalue weighted by Gasteiger charge is 2.25. The van der Waals surface area contributed by atoms with E-state index < -0.39 is 6.10 Å². The highest BCUT2D eigenvalue weighted by atomic mass is 16.5. The number of aromatic nitrogens is 1. The van der Waals surface area contributed by atoms with Crippen LogP contribution >= 0.6 is 0 Å². The van der Waals surface area contributed by atoms with Gasteiger partial charge in [-0.05, 0) is 44.3 Å². The van der Waals surface area contributed by atoms with Gasteiger partial charge in [0.1, 0.15) is 0 Å². The zero-order valence-electron chi connectivity index (χ0n) is 18.2. The summed E-state index contributed by atoms with van der Waals surface area (Å²) < 4.78 is 7.61. The Labute approximate surface area is 178 Å². The second-order valence-electron chi connectivity index (χ2n) is 7.42. The molecule has 0 saturated heterocycles. The van der Waals surface area contributed by atoms with E-state index in [4.69, 9.17) is 4.74 Å². The Morgan fingerprint density at radius 2 is 1.87 bits per heavy atom. The van der Waals surface area contributed by atoms with Crippen molar-refractivity contribution < 1.29 is 14.6 Å². The molecule has 0 aliphatic heterocycles. The second-order valence-corrected chi connectivity index (χ2v) is 7.42. The van der Waals surface area contributed by atoms with Crippen LogP contribution in [0.25, 0.3) is 16.6 Å². The predicted octanol–water partition coefficient (Wildman–Crippen LogP) is 3.38. The largest absolute Gasteiger partial charge is 0.494 e. The molecule has 0 saturated carbocycles. The number of aryl methyl sites for hydroxylation is 1. The van der Waals surface area contributed by atoms with Gasteiger partial charge in [0, 0.05) is 24.2 Å². The van der Waals surface area contributed by atoms with Crippen molar-refractivity contribution in [3.8, 4) is 11.4 Å². The van der Waals surface area contributed by atoms with E-state index in [0.717, 1.165) is 35.2 Å². The van der Waals surface area contributed by atoms with Crippen molar-refractivity contribution in [1.29, 1.82) is 0 Å². The third kappa shape index (κ3) is 4.50. The van der Waals surface area contributed by atoms with Gasteiger partial charge in [-0.2, -0.15) is 0 Å². The number of hydrogen-bond donors (Lipinski definition) is 2. The normalized spacial score (nSPS) is 12.3. The first-order chi connectivity index (χ1) is 14.5. The molecule has 1 amide bonds. The summed E-state index contributed by atoms with van der Waals surface area (Å²) in [6, 6.07) is 15.8. The fourth-order valence-electron chi connectivity index (χ4n) is 3.77. The van der Waals surface area contributed by atoms with Gasteiger partial charge in [-0.3, -0.25) is 4.79 Å². The number of aliphatic hydroxyl groups excluding tert-OH is 1. The average Bonchev–Trinajstić information content (AvgIpc) is 3.09. The van der Waals surface area contributed by atoms with Gasteiger partial charge in [-0.25, -0.2) is 0 Å². The first-order valence-electron chi connectivity index (χ1n) is 10.4. The Bertz CT molecular complexity index is 994. The van der Waals surface area contributed by atoms with Crippen molar-refractivity contribution in [3.63, 3.8) is 0 Å². The lowest BCUT2D eigenvalue weighted by Gasteiger charge is -2.22. The van der Waals surface area contributed by atoms with Crippen LogP contribution in [0.2, 0.25) is 0 Å². The van der Waals surface area contributed by atoms with E-state index in [1.165, 1.54) is 0 Å². The van der Waals surface area contributed by atoms with E-state index in [2.05, 4.69) is 24.1 Å². The topological polar surface area (TPSA) is 66.7 Å². The summed E-state index contributed by atoms with van der Waals surface area (Å²) in [6.07, 6.45) is -0.642. The lowest BCUT2D eigenvalue weighted by atomic mass is 10.1. The van der Waals surface area contributed by atoms with Crippen LogP contribution in [0.4, 0.5) is 0 Å². The zero-order valence-corrected chi connectivity index (χ0v) is 18.2. The summed E-state index contributed by atoms with van der Waals surface area (Å²) in [5, 5.41) is 14.2. The molecule has 1 aromatic heterocycles. The summed E-state index contributed by atoms with van der Waals surface area (Å²) in [5.41, 5.74) is 3.30. The summed E-state index contributed by atoms with van der Waals surface area (Å²) in [6.45, 7) is 8.54. The molecule has 30 heavy (non-hydrogen) atoms. The molecule has 2 N–H and O–H groups in total. The van der Waals surface area contributed by atoms with Crippen LogP contribution in [-0.2, 0) is 0 Å². The average molecular weight is 410 g/mol. The molecule has 0 spiro atoms. The van der Waals surface area contributed by atoms with Crippen molar-refractivity contribution in [2.45, 2.75) is 26.9 Å². The van der Waals surface area contributed by atoms with E-state index in [-0.39, 0.29) is 12.5 Å². The monoisotopic (exact) mass is 409 g/mol. The van der Waals surface area contributed by atoms with E-state index in [9.17, 15) is 9.90 Å². The Morgan fingerprint density at radius 1 is 1.17 bits per heavy atom. The highest BCUT2D eigenvalue weighted by Crippen LogP contribution is 2.36. The number of rotatable bonds is 9. The predicted molar refractivity (Wildman–Crippen MR) is 121 cm³/mol. The number of nitrogens with one attached hydrogen (secondary N) is 1. The van der Waals surface area contributed by atoms with Gasteiger partial charge in [0.05, 0.1) is 18.7 Å². The smallest absolute Gasteiger partial charge is 0.272 e. The molecular formula is C24H31N3O3. The van der Waals surface area contributed by atoms with Crippen LogP contribution < -0.4 is 10.1 Å². The van der Waals surface area contributed by atoms with E-state index >= 15 is 0 Å². The van der Waals surface area contributed by atoms with Crippen LogP contribution in [0.5, 0.6) is 5.75 Å². The number of para-hydroxylation sites is 1. The van der Waals surface area contributed by atoms with Crippen LogP contribution in [0.15, 0.2) is 48.5 Å². The molecule has 0 aliphatic rings. The maximum Gasteiger partial charge on any atom is 0.272 e. The Morgan fingerprint density at radius 3 is 2.50 bits per heavy atom. The van der Waals surface area contributed by atoms with Crippen LogP contribution in [0.3, 0.4) is 0 Å². The third-order valence-corrected chi connectivity index (χ3v) is 5.37. The van der Waals surface area contributed by atoms with E-state index in [1.54, 1.807) is 7.11 Å². The molecule has 1 heterocycles. The van der Waals surface area contributed by atoms with Crippen molar-refractivity contribution in [3.05, 3.63) is 59.8 Å². The number of benzene rings is 2. The molecule has 1 atom stereocenters. The number of nitrogens with zero attached hydrogens (tertiary/aromatic N) is 2. The molecule has 3 aromatic rings. The minimum absolute atomic E-state index is 0.174. The van der Waals surface area contributed by atoms with Crippen molar-refractivity contribution in [2.75, 3.05) is 33.3 Å². The van der Waals surface area contributed by atoms with Crippen molar-refractivity contribution >= 4 is 16.8 Å². The number of carbonyl (C=O) groups is 1. The fourth-order valence-corrected chi connectivity index (χ4v) is 3.77. The summed E-state index contributed by atoms with van der Waals surface area (Å²) in [4.78, 5) is 15.4. The number of methoxy groups -OCH3 is 1. The van der Waals surface area contributed by atoms with E-state index in [0.29, 0.717) is 18.0 Å². The minimum Gasteiger partial charge on any atom is -0.494 e. The van der Waals surface area contributed by atoms with E-state index in [1.807, 2.05) is 60.0 Å². The Balaban J connectivity index is 1.98. The number of fused-ring (bicyclic) bond motifs is 1. The maximum absolute atomic E-state index is 13.3. The van der Waals surface area contributed by atoms with Gasteiger partial charge in [0.2, 0.25) is 0 Å². The van der Waals surface area contributed by atoms with Crippen LogP contribution in [-0.4, -0.2) is 59.9 Å². The Kier molecular flexibility index (Phi) is 7.13. The van der Waals surface area contributed by atoms with Crippen LogP contribution in [0, 0.1) is 6.92 Å². The number of ether oxygens (including phenoxy) is 1. The molecule has 2 aromatic carbocycles. The maximum atomic E-state index is 13.3. The van der Waals surface area contributed by atoms with Gasteiger partial charge in [0.25, 0.3) is 5.91 Å². The highest BCUT2D eigenvalue weighted by molar-refractivity contribution is 6.05. The van der Waals surface area contributed by atoms with Crippen molar-refractivity contribution in [2.24, 2.45) is 0 Å². The molecule has 3 rings (SSSR count). The van der Waals surface area contributed by atoms with Gasteiger partial charge in [0.15, 0.2) is 11.4 Å². The SMILES string of the molecule is CCN(CC)CC(O)CNC(=O)c1c(OC)c2cc(C)ccc2n1-c1ccccc1. The standard InChI is InChI=1S/C24H31N3O3/c1-5-26(6-2)16-19(28)15-25-24(29)22-23(30-4)20-14-17(3)12-13-21(20)27(22)18-10-8-7-9-11-18/h7-14,19,28H,5-6,15-16H2,1-4H3,(H,25,29).